The fourth-order valence-corrected chi connectivity index (χ4v) is 3.10. The maximum Gasteiger partial charge on any atom is 0.276 e. The summed E-state index contributed by atoms with van der Waals surface area (Å²) in [6.45, 7) is 3.97. The Hall–Kier alpha value is -2.50. The molecule has 1 aromatic heterocycles. The average molecular weight is 314 g/mol. The number of nitrogens with zero attached hydrogens (tertiary/aromatic N) is 2. The first kappa shape index (κ1) is 14.1. The Morgan fingerprint density at radius 3 is 3.00 bits per heavy atom. The van der Waals surface area contributed by atoms with E-state index in [-0.39, 0.29) is 12.7 Å². The lowest BCUT2D eigenvalue weighted by Gasteiger charge is -2.30. The van der Waals surface area contributed by atoms with Gasteiger partial charge in [-0.15, -0.1) is 0 Å². The van der Waals surface area contributed by atoms with E-state index in [2.05, 4.69) is 12.1 Å². The first-order chi connectivity index (χ1) is 11.2. The Morgan fingerprint density at radius 2 is 2.13 bits per heavy atom. The molecule has 0 spiro atoms. The number of fused-ring (bicyclic) bond motifs is 1. The van der Waals surface area contributed by atoms with Crippen LogP contribution in [0.4, 0.5) is 0 Å². The molecule has 0 saturated carbocycles. The molecule has 23 heavy (non-hydrogen) atoms. The van der Waals surface area contributed by atoms with E-state index < -0.39 is 0 Å². The number of hydrogen-bond acceptors (Lipinski definition) is 5. The molecule has 120 valence electrons. The van der Waals surface area contributed by atoms with Crippen molar-refractivity contribution >= 4 is 5.91 Å². The van der Waals surface area contributed by atoms with Gasteiger partial charge in [0.05, 0.1) is 0 Å². The zero-order valence-electron chi connectivity index (χ0n) is 12.9. The molecule has 6 heteroatoms. The third-order valence-corrected chi connectivity index (χ3v) is 4.33. The Bertz CT molecular complexity index is 740. The van der Waals surface area contributed by atoms with E-state index in [1.165, 1.54) is 6.42 Å². The lowest BCUT2D eigenvalue weighted by molar-refractivity contribution is 0.0672. The Labute approximate surface area is 134 Å². The molecule has 1 atom stereocenters. The van der Waals surface area contributed by atoms with Crippen molar-refractivity contribution in [3.8, 4) is 22.8 Å². The highest BCUT2D eigenvalue weighted by molar-refractivity contribution is 5.93. The molecule has 3 heterocycles. The summed E-state index contributed by atoms with van der Waals surface area (Å²) in [5, 5.41) is 3.95. The quantitative estimate of drug-likeness (QED) is 0.852. The normalized spacial score (nSPS) is 19.9. The molecule has 1 saturated heterocycles. The van der Waals surface area contributed by atoms with Gasteiger partial charge in [0.2, 0.25) is 6.79 Å². The number of carbonyl (C=O) groups is 1. The molecular weight excluding hydrogens is 296 g/mol. The smallest absolute Gasteiger partial charge is 0.276 e. The molecule has 0 bridgehead atoms. The summed E-state index contributed by atoms with van der Waals surface area (Å²) >= 11 is 0. The van der Waals surface area contributed by atoms with Gasteiger partial charge in [-0.05, 0) is 37.0 Å². The fraction of sp³-hybridized carbons (Fsp3) is 0.412. The summed E-state index contributed by atoms with van der Waals surface area (Å²) in [5.74, 6) is 2.42. The van der Waals surface area contributed by atoms with E-state index in [0.29, 0.717) is 28.9 Å². The molecule has 4 rings (SSSR count). The van der Waals surface area contributed by atoms with Crippen LogP contribution in [0, 0.1) is 5.92 Å². The van der Waals surface area contributed by atoms with Crippen LogP contribution in [-0.4, -0.2) is 35.8 Å². The minimum Gasteiger partial charge on any atom is -0.454 e. The summed E-state index contributed by atoms with van der Waals surface area (Å²) in [6, 6.07) is 7.22. The van der Waals surface area contributed by atoms with Gasteiger partial charge in [-0.1, -0.05) is 12.1 Å². The maximum absolute atomic E-state index is 12.5. The van der Waals surface area contributed by atoms with Gasteiger partial charge in [-0.3, -0.25) is 4.79 Å². The summed E-state index contributed by atoms with van der Waals surface area (Å²) < 4.78 is 16.0. The first-order valence-corrected chi connectivity index (χ1v) is 7.87. The van der Waals surface area contributed by atoms with Crippen molar-refractivity contribution < 1.29 is 18.8 Å². The first-order valence-electron chi connectivity index (χ1n) is 7.87. The van der Waals surface area contributed by atoms with E-state index in [1.54, 1.807) is 6.07 Å². The van der Waals surface area contributed by atoms with E-state index in [4.69, 9.17) is 14.0 Å². The lowest BCUT2D eigenvalue weighted by atomic mass is 10.00. The number of ether oxygens (including phenoxy) is 2. The third-order valence-electron chi connectivity index (χ3n) is 4.33. The van der Waals surface area contributed by atoms with Gasteiger partial charge < -0.3 is 18.9 Å². The molecule has 2 aromatic rings. The molecule has 1 amide bonds. The molecule has 0 aliphatic carbocycles. The number of hydrogen-bond donors (Lipinski definition) is 0. The van der Waals surface area contributed by atoms with Crippen molar-refractivity contribution in [2.75, 3.05) is 19.9 Å². The number of carbonyl (C=O) groups excluding carboxylic acids is 1. The monoisotopic (exact) mass is 314 g/mol. The van der Waals surface area contributed by atoms with Crippen molar-refractivity contribution in [1.82, 2.24) is 10.1 Å². The summed E-state index contributed by atoms with van der Waals surface area (Å²) in [4.78, 5) is 14.4. The second-order valence-corrected chi connectivity index (χ2v) is 6.14. The van der Waals surface area contributed by atoms with Crippen molar-refractivity contribution in [2.24, 2.45) is 5.92 Å². The number of likely N-dealkylation sites (tertiary alicyclic amines) is 1. The molecule has 1 fully saturated rings. The van der Waals surface area contributed by atoms with Gasteiger partial charge in [0.15, 0.2) is 23.0 Å². The minimum atomic E-state index is -0.0627. The van der Waals surface area contributed by atoms with Gasteiger partial charge in [-0.2, -0.15) is 0 Å². The SMILES string of the molecule is C[C@H]1CCCN(C(=O)c2cc(-c3ccc4c(c3)OCO4)on2)C1. The predicted molar refractivity (Wildman–Crippen MR) is 82.4 cm³/mol. The summed E-state index contributed by atoms with van der Waals surface area (Å²) in [7, 11) is 0. The summed E-state index contributed by atoms with van der Waals surface area (Å²) in [6.07, 6.45) is 2.21. The largest absolute Gasteiger partial charge is 0.454 e. The number of rotatable bonds is 2. The molecule has 6 nitrogen and oxygen atoms in total. The zero-order valence-corrected chi connectivity index (χ0v) is 12.9. The van der Waals surface area contributed by atoms with E-state index >= 15 is 0 Å². The fourth-order valence-electron chi connectivity index (χ4n) is 3.10. The highest BCUT2D eigenvalue weighted by Gasteiger charge is 2.25. The molecule has 1 aromatic carbocycles. The zero-order chi connectivity index (χ0) is 15.8. The van der Waals surface area contributed by atoms with Crippen LogP contribution in [0.1, 0.15) is 30.3 Å². The highest BCUT2D eigenvalue weighted by Crippen LogP contribution is 2.36. The summed E-state index contributed by atoms with van der Waals surface area (Å²) in [5.41, 5.74) is 1.17. The molecule has 0 N–H and O–H groups in total. The van der Waals surface area contributed by atoms with Crippen LogP contribution < -0.4 is 9.47 Å². The van der Waals surface area contributed by atoms with Gasteiger partial charge in [-0.25, -0.2) is 0 Å². The van der Waals surface area contributed by atoms with Crippen LogP contribution in [0.25, 0.3) is 11.3 Å². The molecule has 0 unspecified atom stereocenters. The van der Waals surface area contributed by atoms with Gasteiger partial charge in [0, 0.05) is 24.7 Å². The second-order valence-electron chi connectivity index (χ2n) is 6.14. The van der Waals surface area contributed by atoms with Gasteiger partial charge in [0.1, 0.15) is 0 Å². The molecule has 0 radical (unpaired) electrons. The third kappa shape index (κ3) is 2.65. The van der Waals surface area contributed by atoms with Crippen molar-refractivity contribution in [3.05, 3.63) is 30.0 Å². The maximum atomic E-state index is 12.5. The van der Waals surface area contributed by atoms with Crippen LogP contribution in [0.3, 0.4) is 0 Å². The topological polar surface area (TPSA) is 64.8 Å². The van der Waals surface area contributed by atoms with Gasteiger partial charge in [0.25, 0.3) is 5.91 Å². The van der Waals surface area contributed by atoms with E-state index in [0.717, 1.165) is 25.1 Å². The lowest BCUT2D eigenvalue weighted by Crippen LogP contribution is -2.39. The standard InChI is InChI=1S/C17H18N2O4/c1-11-3-2-6-19(9-11)17(20)13-8-15(23-18-13)12-4-5-14-16(7-12)22-10-21-14/h4-5,7-8,11H,2-3,6,9-10H2,1H3/t11-/m0/s1. The van der Waals surface area contributed by atoms with Crippen molar-refractivity contribution in [1.29, 1.82) is 0 Å². The van der Waals surface area contributed by atoms with Crippen LogP contribution in [0.15, 0.2) is 28.8 Å². The van der Waals surface area contributed by atoms with Crippen LogP contribution in [0.2, 0.25) is 0 Å². The molecule has 2 aliphatic rings. The second kappa shape index (κ2) is 5.61. The van der Waals surface area contributed by atoms with Crippen molar-refractivity contribution in [2.45, 2.75) is 19.8 Å². The number of aromatic nitrogens is 1. The minimum absolute atomic E-state index is 0.0627. The average Bonchev–Trinajstić information content (AvgIpc) is 3.22. The molecule has 2 aliphatic heterocycles. The van der Waals surface area contributed by atoms with Gasteiger partial charge >= 0.3 is 0 Å². The highest BCUT2D eigenvalue weighted by atomic mass is 16.7. The Morgan fingerprint density at radius 1 is 1.26 bits per heavy atom. The van der Waals surface area contributed by atoms with Crippen molar-refractivity contribution in [3.63, 3.8) is 0 Å². The number of benzene rings is 1. The Balaban J connectivity index is 1.55. The van der Waals surface area contributed by atoms with E-state index in [1.807, 2.05) is 23.1 Å². The molecular formula is C17H18N2O4. The number of piperidine rings is 1. The predicted octanol–water partition coefficient (Wildman–Crippen LogP) is 2.94. The van der Waals surface area contributed by atoms with Crippen LogP contribution >= 0.6 is 0 Å². The van der Waals surface area contributed by atoms with Crippen LogP contribution in [-0.2, 0) is 0 Å². The Kier molecular flexibility index (Phi) is 3.44. The number of amides is 1. The van der Waals surface area contributed by atoms with E-state index in [9.17, 15) is 4.79 Å². The van der Waals surface area contributed by atoms with Crippen LogP contribution in [0.5, 0.6) is 11.5 Å².